The number of carbonyl (C=O) groups is 2. The van der Waals surface area contributed by atoms with Crippen molar-refractivity contribution in [1.82, 2.24) is 0 Å². The number of carbonyl (C=O) groups excluding carboxylic acids is 1. The van der Waals surface area contributed by atoms with Gasteiger partial charge in [-0.3, -0.25) is 0 Å². The maximum Gasteiger partial charge on any atom is 0.384 e. The highest BCUT2D eigenvalue weighted by Crippen LogP contribution is 2.13. The predicted octanol–water partition coefficient (Wildman–Crippen LogP) is 0.492. The molecule has 3 N–H and O–H groups in total. The lowest BCUT2D eigenvalue weighted by Crippen LogP contribution is -2.00. The third-order valence-corrected chi connectivity index (χ3v) is 1.78. The fourth-order valence-corrected chi connectivity index (χ4v) is 0.979. The Labute approximate surface area is 91.8 Å². The number of anilines is 1. The van der Waals surface area contributed by atoms with Crippen LogP contribution in [-0.4, -0.2) is 24.2 Å². The van der Waals surface area contributed by atoms with E-state index in [9.17, 15) is 9.59 Å². The summed E-state index contributed by atoms with van der Waals surface area (Å²) < 4.78 is 4.33. The molecule has 0 atom stereocenters. The fraction of sp³-hybridized carbons (Fsp3) is 0.0909. The van der Waals surface area contributed by atoms with Gasteiger partial charge in [-0.1, -0.05) is 5.92 Å². The van der Waals surface area contributed by atoms with Crippen LogP contribution in [0, 0.1) is 11.8 Å². The average Bonchev–Trinajstić information content (AvgIpc) is 2.26. The topological polar surface area (TPSA) is 89.6 Å². The Morgan fingerprint density at radius 3 is 2.62 bits per heavy atom. The van der Waals surface area contributed by atoms with E-state index in [2.05, 4.69) is 16.6 Å². The number of ether oxygens (including phenoxy) is 1. The number of carboxylic acids is 1. The first-order valence-corrected chi connectivity index (χ1v) is 4.27. The Kier molecular flexibility index (Phi) is 3.51. The van der Waals surface area contributed by atoms with Crippen molar-refractivity contribution < 1.29 is 19.4 Å². The number of hydrogen-bond donors (Lipinski definition) is 2. The zero-order valence-corrected chi connectivity index (χ0v) is 8.48. The molecule has 0 radical (unpaired) electrons. The largest absolute Gasteiger partial charge is 0.478 e. The van der Waals surface area contributed by atoms with Gasteiger partial charge in [0.1, 0.15) is 0 Å². The van der Waals surface area contributed by atoms with Gasteiger partial charge in [-0.15, -0.1) is 0 Å². The molecule has 0 heterocycles. The zero-order valence-electron chi connectivity index (χ0n) is 8.48. The van der Waals surface area contributed by atoms with Gasteiger partial charge in [-0.25, -0.2) is 9.59 Å². The highest BCUT2D eigenvalue weighted by Gasteiger charge is 2.04. The first-order chi connectivity index (χ1) is 7.54. The molecule has 1 aromatic rings. The second-order valence-electron chi connectivity index (χ2n) is 2.85. The Bertz CT molecular complexity index is 496. The number of methoxy groups -OCH3 is 1. The van der Waals surface area contributed by atoms with Crippen LogP contribution in [0.3, 0.4) is 0 Å². The van der Waals surface area contributed by atoms with Gasteiger partial charge in [0.05, 0.1) is 12.7 Å². The molecule has 0 aromatic heterocycles. The highest BCUT2D eigenvalue weighted by atomic mass is 16.5. The normalized spacial score (nSPS) is 8.81. The number of hydrogen-bond acceptors (Lipinski definition) is 4. The number of aromatic carboxylic acids is 1. The van der Waals surface area contributed by atoms with Gasteiger partial charge < -0.3 is 15.6 Å². The molecule has 0 amide bonds. The first kappa shape index (κ1) is 11.6. The molecule has 0 spiro atoms. The van der Waals surface area contributed by atoms with Gasteiger partial charge in [0, 0.05) is 17.2 Å². The van der Waals surface area contributed by atoms with Crippen molar-refractivity contribution in [1.29, 1.82) is 0 Å². The van der Waals surface area contributed by atoms with E-state index in [1.54, 1.807) is 0 Å². The van der Waals surface area contributed by atoms with Crippen molar-refractivity contribution in [2.24, 2.45) is 0 Å². The van der Waals surface area contributed by atoms with Crippen molar-refractivity contribution >= 4 is 17.6 Å². The summed E-state index contributed by atoms with van der Waals surface area (Å²) in [5, 5.41) is 8.69. The summed E-state index contributed by atoms with van der Waals surface area (Å²) in [5.74, 6) is 2.94. The molecule has 16 heavy (non-hydrogen) atoms. The molecule has 0 aliphatic rings. The van der Waals surface area contributed by atoms with Crippen LogP contribution in [0.25, 0.3) is 0 Å². The Morgan fingerprint density at radius 2 is 2.12 bits per heavy atom. The molecule has 82 valence electrons. The molecule has 1 aromatic carbocycles. The fourth-order valence-electron chi connectivity index (χ4n) is 0.979. The van der Waals surface area contributed by atoms with Crippen molar-refractivity contribution in [2.75, 3.05) is 12.8 Å². The van der Waals surface area contributed by atoms with Gasteiger partial charge in [0.15, 0.2) is 0 Å². The molecular formula is C11H9NO4. The Morgan fingerprint density at radius 1 is 1.44 bits per heavy atom. The molecule has 1 rings (SSSR count). The van der Waals surface area contributed by atoms with E-state index in [-0.39, 0.29) is 11.3 Å². The van der Waals surface area contributed by atoms with Gasteiger partial charge >= 0.3 is 11.9 Å². The average molecular weight is 219 g/mol. The van der Waals surface area contributed by atoms with Crippen LogP contribution in [0.1, 0.15) is 15.9 Å². The van der Waals surface area contributed by atoms with Crippen LogP contribution in [-0.2, 0) is 9.53 Å². The SMILES string of the molecule is COC(=O)C#Cc1ccc(C(=O)O)cc1N. The van der Waals surface area contributed by atoms with Crippen molar-refractivity contribution in [3.05, 3.63) is 29.3 Å². The van der Waals surface area contributed by atoms with Crippen molar-refractivity contribution in [3.8, 4) is 11.8 Å². The number of nitrogen functional groups attached to an aromatic ring is 1. The van der Waals surface area contributed by atoms with Crippen LogP contribution in [0.2, 0.25) is 0 Å². The van der Waals surface area contributed by atoms with E-state index >= 15 is 0 Å². The standard InChI is InChI=1S/C11H9NO4/c1-16-10(13)5-4-7-2-3-8(11(14)15)6-9(7)12/h2-3,6H,12H2,1H3,(H,14,15). The van der Waals surface area contributed by atoms with Gasteiger partial charge in [0.2, 0.25) is 0 Å². The molecule has 0 fully saturated rings. The molecule has 0 saturated carbocycles. The number of benzene rings is 1. The minimum atomic E-state index is -1.07. The van der Waals surface area contributed by atoms with E-state index in [1.165, 1.54) is 25.3 Å². The van der Waals surface area contributed by atoms with E-state index < -0.39 is 11.9 Å². The van der Waals surface area contributed by atoms with Crippen molar-refractivity contribution in [3.63, 3.8) is 0 Å². The maximum atomic E-state index is 10.7. The minimum absolute atomic E-state index is 0.0705. The van der Waals surface area contributed by atoms with Crippen LogP contribution >= 0.6 is 0 Å². The molecule has 0 bridgehead atoms. The second-order valence-corrected chi connectivity index (χ2v) is 2.85. The quantitative estimate of drug-likeness (QED) is 0.407. The van der Waals surface area contributed by atoms with Crippen molar-refractivity contribution in [2.45, 2.75) is 0 Å². The Hall–Kier alpha value is -2.48. The lowest BCUT2D eigenvalue weighted by molar-refractivity contribution is -0.133. The number of rotatable bonds is 1. The predicted molar refractivity (Wildman–Crippen MR) is 56.7 cm³/mol. The second kappa shape index (κ2) is 4.84. The van der Waals surface area contributed by atoms with Crippen LogP contribution in [0.5, 0.6) is 0 Å². The molecule has 0 saturated heterocycles. The molecule has 0 aliphatic carbocycles. The number of esters is 1. The minimum Gasteiger partial charge on any atom is -0.478 e. The molecule has 0 unspecified atom stereocenters. The summed E-state index contributed by atoms with van der Waals surface area (Å²) in [7, 11) is 1.22. The summed E-state index contributed by atoms with van der Waals surface area (Å²) in [5.41, 5.74) is 6.23. The van der Waals surface area contributed by atoms with Crippen LogP contribution in [0.4, 0.5) is 5.69 Å². The van der Waals surface area contributed by atoms with Crippen LogP contribution < -0.4 is 5.73 Å². The van der Waals surface area contributed by atoms with Crippen LogP contribution in [0.15, 0.2) is 18.2 Å². The summed E-state index contributed by atoms with van der Waals surface area (Å²) in [6.45, 7) is 0. The van der Waals surface area contributed by atoms with E-state index in [4.69, 9.17) is 10.8 Å². The van der Waals surface area contributed by atoms with E-state index in [1.807, 2.05) is 0 Å². The molecule has 5 nitrogen and oxygen atoms in total. The lowest BCUT2D eigenvalue weighted by atomic mass is 10.1. The molecule has 0 aliphatic heterocycles. The monoisotopic (exact) mass is 219 g/mol. The molecule has 5 heteroatoms. The van der Waals surface area contributed by atoms with Gasteiger partial charge in [0.25, 0.3) is 0 Å². The van der Waals surface area contributed by atoms with Gasteiger partial charge in [-0.2, -0.15) is 0 Å². The van der Waals surface area contributed by atoms with E-state index in [0.29, 0.717) is 5.56 Å². The third-order valence-electron chi connectivity index (χ3n) is 1.78. The summed E-state index contributed by atoms with van der Waals surface area (Å²) >= 11 is 0. The highest BCUT2D eigenvalue weighted by molar-refractivity contribution is 5.91. The third kappa shape index (κ3) is 2.75. The smallest absolute Gasteiger partial charge is 0.384 e. The summed E-state index contributed by atoms with van der Waals surface area (Å²) in [4.78, 5) is 21.4. The number of carboxylic acid groups (broad SMARTS) is 1. The zero-order chi connectivity index (χ0) is 12.1. The van der Waals surface area contributed by atoms with E-state index in [0.717, 1.165) is 0 Å². The van der Waals surface area contributed by atoms with Gasteiger partial charge in [-0.05, 0) is 18.2 Å². The summed E-state index contributed by atoms with van der Waals surface area (Å²) in [6.07, 6.45) is 0. The lowest BCUT2D eigenvalue weighted by Gasteiger charge is -1.99. The maximum absolute atomic E-state index is 10.7. The number of nitrogens with two attached hydrogens (primary N) is 1. The molecular weight excluding hydrogens is 210 g/mol. The Balaban J connectivity index is 3.03. The first-order valence-electron chi connectivity index (χ1n) is 4.27. The summed E-state index contributed by atoms with van der Waals surface area (Å²) in [6, 6.07) is 4.08.